The van der Waals surface area contributed by atoms with Crippen LogP contribution in [0.15, 0.2) is 66.7 Å². The van der Waals surface area contributed by atoms with Crippen molar-refractivity contribution in [1.82, 2.24) is 10.2 Å². The van der Waals surface area contributed by atoms with E-state index in [1.165, 1.54) is 0 Å². The van der Waals surface area contributed by atoms with Crippen LogP contribution in [0.3, 0.4) is 0 Å². The van der Waals surface area contributed by atoms with Crippen LogP contribution in [0.4, 0.5) is 17.2 Å². The Balaban J connectivity index is 1.68. The summed E-state index contributed by atoms with van der Waals surface area (Å²) < 4.78 is 0. The molecule has 0 radical (unpaired) electrons. The number of nitrogens with one attached hydrogen (secondary N) is 2. The van der Waals surface area contributed by atoms with E-state index in [2.05, 4.69) is 20.8 Å². The Labute approximate surface area is 138 Å². The molecule has 3 aromatic rings. The van der Waals surface area contributed by atoms with Crippen LogP contribution in [0.1, 0.15) is 10.5 Å². The van der Waals surface area contributed by atoms with Gasteiger partial charge in [-0.2, -0.15) is 0 Å². The first-order valence-corrected chi connectivity index (χ1v) is 7.31. The largest absolute Gasteiger partial charge is 0.339 e. The Morgan fingerprint density at radius 2 is 1.65 bits per heavy atom. The zero-order valence-electron chi connectivity index (χ0n) is 12.0. The minimum Gasteiger partial charge on any atom is -0.339 e. The molecule has 1 amide bonds. The van der Waals surface area contributed by atoms with E-state index in [9.17, 15) is 4.79 Å². The SMILES string of the molecule is O=C(Nc1cccc(Cl)c1)c1ccc(Nc2ccccc2)nn1. The van der Waals surface area contributed by atoms with E-state index in [4.69, 9.17) is 11.6 Å². The third-order valence-electron chi connectivity index (χ3n) is 3.03. The maximum Gasteiger partial charge on any atom is 0.276 e. The van der Waals surface area contributed by atoms with Crippen LogP contribution < -0.4 is 10.6 Å². The molecule has 0 saturated carbocycles. The first kappa shape index (κ1) is 15.0. The lowest BCUT2D eigenvalue weighted by Crippen LogP contribution is -2.14. The number of carbonyl (C=O) groups is 1. The number of halogens is 1. The van der Waals surface area contributed by atoms with Gasteiger partial charge in [0.15, 0.2) is 11.5 Å². The molecule has 2 N–H and O–H groups in total. The van der Waals surface area contributed by atoms with Crippen molar-refractivity contribution in [3.8, 4) is 0 Å². The van der Waals surface area contributed by atoms with Crippen LogP contribution in [0, 0.1) is 0 Å². The van der Waals surface area contributed by atoms with E-state index in [-0.39, 0.29) is 11.6 Å². The van der Waals surface area contributed by atoms with Gasteiger partial charge in [-0.05, 0) is 42.5 Å². The zero-order valence-corrected chi connectivity index (χ0v) is 12.8. The standard InChI is InChI=1S/C17H13ClN4O/c18-12-5-4-8-14(11-12)20-17(23)15-9-10-16(22-21-15)19-13-6-2-1-3-7-13/h1-11H,(H,19,22)(H,20,23). The smallest absolute Gasteiger partial charge is 0.276 e. The number of anilines is 3. The lowest BCUT2D eigenvalue weighted by Gasteiger charge is -2.06. The Hall–Kier alpha value is -2.92. The van der Waals surface area contributed by atoms with E-state index in [1.54, 1.807) is 36.4 Å². The summed E-state index contributed by atoms with van der Waals surface area (Å²) >= 11 is 5.88. The van der Waals surface area contributed by atoms with Gasteiger partial charge in [0.2, 0.25) is 0 Å². The van der Waals surface area contributed by atoms with Crippen LogP contribution in [-0.4, -0.2) is 16.1 Å². The quantitative estimate of drug-likeness (QED) is 0.757. The van der Waals surface area contributed by atoms with E-state index in [0.717, 1.165) is 5.69 Å². The number of hydrogen-bond acceptors (Lipinski definition) is 4. The molecule has 0 aliphatic heterocycles. The summed E-state index contributed by atoms with van der Waals surface area (Å²) in [5.74, 6) is 0.224. The lowest BCUT2D eigenvalue weighted by molar-refractivity contribution is 0.102. The molecular formula is C17H13ClN4O. The summed E-state index contributed by atoms with van der Waals surface area (Å²) in [6.45, 7) is 0. The summed E-state index contributed by atoms with van der Waals surface area (Å²) in [5, 5.41) is 14.3. The second kappa shape index (κ2) is 6.89. The molecule has 0 fully saturated rings. The Morgan fingerprint density at radius 3 is 2.35 bits per heavy atom. The number of rotatable bonds is 4. The minimum atomic E-state index is -0.342. The molecule has 5 nitrogen and oxygen atoms in total. The summed E-state index contributed by atoms with van der Waals surface area (Å²) in [5.41, 5.74) is 1.73. The molecule has 0 aliphatic rings. The van der Waals surface area contributed by atoms with Crippen LogP contribution in [-0.2, 0) is 0 Å². The minimum absolute atomic E-state index is 0.226. The van der Waals surface area contributed by atoms with Crippen molar-refractivity contribution in [3.63, 3.8) is 0 Å². The highest BCUT2D eigenvalue weighted by atomic mass is 35.5. The molecule has 2 aromatic carbocycles. The van der Waals surface area contributed by atoms with E-state index < -0.39 is 0 Å². The van der Waals surface area contributed by atoms with E-state index >= 15 is 0 Å². The average Bonchev–Trinajstić information content (AvgIpc) is 2.56. The van der Waals surface area contributed by atoms with E-state index in [1.807, 2.05) is 30.3 Å². The number of benzene rings is 2. The highest BCUT2D eigenvalue weighted by Gasteiger charge is 2.09. The van der Waals surface area contributed by atoms with Gasteiger partial charge in [0.25, 0.3) is 5.91 Å². The second-order valence-corrected chi connectivity index (χ2v) is 5.20. The number of carbonyl (C=O) groups excluding carboxylic acids is 1. The Morgan fingerprint density at radius 1 is 0.870 bits per heavy atom. The number of hydrogen-bond donors (Lipinski definition) is 2. The van der Waals surface area contributed by atoms with Gasteiger partial charge in [-0.25, -0.2) is 0 Å². The van der Waals surface area contributed by atoms with Gasteiger partial charge in [0.05, 0.1) is 0 Å². The van der Waals surface area contributed by atoms with Crippen molar-refractivity contribution in [2.45, 2.75) is 0 Å². The van der Waals surface area contributed by atoms with Crippen LogP contribution in [0.25, 0.3) is 0 Å². The lowest BCUT2D eigenvalue weighted by atomic mass is 10.3. The molecular weight excluding hydrogens is 312 g/mol. The molecule has 0 bridgehead atoms. The average molecular weight is 325 g/mol. The maximum absolute atomic E-state index is 12.1. The van der Waals surface area contributed by atoms with E-state index in [0.29, 0.717) is 16.5 Å². The second-order valence-electron chi connectivity index (χ2n) is 4.76. The zero-order chi connectivity index (χ0) is 16.1. The molecule has 114 valence electrons. The Kier molecular flexibility index (Phi) is 4.49. The monoisotopic (exact) mass is 324 g/mol. The molecule has 0 spiro atoms. The molecule has 0 unspecified atom stereocenters. The third-order valence-corrected chi connectivity index (χ3v) is 3.26. The van der Waals surface area contributed by atoms with Crippen LogP contribution in [0.5, 0.6) is 0 Å². The fraction of sp³-hybridized carbons (Fsp3) is 0. The summed E-state index contributed by atoms with van der Waals surface area (Å²) in [6, 6.07) is 19.8. The number of para-hydroxylation sites is 1. The van der Waals surface area contributed by atoms with Gasteiger partial charge >= 0.3 is 0 Å². The topological polar surface area (TPSA) is 66.9 Å². The van der Waals surface area contributed by atoms with Crippen molar-refractivity contribution in [2.75, 3.05) is 10.6 Å². The van der Waals surface area contributed by atoms with Crippen molar-refractivity contribution in [2.24, 2.45) is 0 Å². The molecule has 23 heavy (non-hydrogen) atoms. The molecule has 1 heterocycles. The first-order chi connectivity index (χ1) is 11.2. The molecule has 1 aromatic heterocycles. The summed E-state index contributed by atoms with van der Waals surface area (Å²) in [7, 11) is 0. The van der Waals surface area contributed by atoms with Gasteiger partial charge < -0.3 is 10.6 Å². The number of nitrogens with zero attached hydrogens (tertiary/aromatic N) is 2. The highest BCUT2D eigenvalue weighted by molar-refractivity contribution is 6.30. The van der Waals surface area contributed by atoms with Gasteiger partial charge in [-0.3, -0.25) is 4.79 Å². The summed E-state index contributed by atoms with van der Waals surface area (Å²) in [6.07, 6.45) is 0. The normalized spacial score (nSPS) is 10.1. The molecule has 0 atom stereocenters. The summed E-state index contributed by atoms with van der Waals surface area (Å²) in [4.78, 5) is 12.1. The number of amides is 1. The van der Waals surface area contributed by atoms with Gasteiger partial charge in [-0.1, -0.05) is 35.9 Å². The van der Waals surface area contributed by atoms with Gasteiger partial charge in [-0.15, -0.1) is 10.2 Å². The van der Waals surface area contributed by atoms with Crippen LogP contribution in [0.2, 0.25) is 5.02 Å². The van der Waals surface area contributed by atoms with Crippen molar-refractivity contribution in [1.29, 1.82) is 0 Å². The fourth-order valence-corrected chi connectivity index (χ4v) is 2.14. The van der Waals surface area contributed by atoms with Gasteiger partial charge in [0, 0.05) is 16.4 Å². The Bertz CT molecular complexity index is 806. The molecule has 6 heteroatoms. The van der Waals surface area contributed by atoms with Gasteiger partial charge in [0.1, 0.15) is 0 Å². The first-order valence-electron chi connectivity index (χ1n) is 6.93. The predicted molar refractivity (Wildman–Crippen MR) is 91.2 cm³/mol. The van der Waals surface area contributed by atoms with Crippen molar-refractivity contribution < 1.29 is 4.79 Å². The molecule has 0 saturated heterocycles. The molecule has 3 rings (SSSR count). The fourth-order valence-electron chi connectivity index (χ4n) is 1.95. The predicted octanol–water partition coefficient (Wildman–Crippen LogP) is 4.13. The van der Waals surface area contributed by atoms with Crippen molar-refractivity contribution >= 4 is 34.7 Å². The van der Waals surface area contributed by atoms with Crippen molar-refractivity contribution in [3.05, 3.63) is 77.4 Å². The maximum atomic E-state index is 12.1. The molecule has 0 aliphatic carbocycles. The number of aromatic nitrogens is 2. The van der Waals surface area contributed by atoms with Crippen LogP contribution >= 0.6 is 11.6 Å². The third kappa shape index (κ3) is 4.05. The highest BCUT2D eigenvalue weighted by Crippen LogP contribution is 2.16.